The highest BCUT2D eigenvalue weighted by molar-refractivity contribution is 8.01. The number of nitrogens with two attached hydrogens (primary N) is 1. The van der Waals surface area contributed by atoms with Gasteiger partial charge in [-0.15, -0.1) is 11.8 Å². The van der Waals surface area contributed by atoms with Crippen LogP contribution in [0.4, 0.5) is 5.13 Å². The fraction of sp³-hybridized carbons (Fsp3) is 0.350. The van der Waals surface area contributed by atoms with Crippen molar-refractivity contribution in [2.75, 3.05) is 12.3 Å². The van der Waals surface area contributed by atoms with E-state index in [1.54, 1.807) is 11.5 Å². The highest BCUT2D eigenvalue weighted by Gasteiger charge is 2.57. The standard InChI is InChI=1S/C20H20N8O5S3/c1-4-33-24-11(15-23-20(21)36-25-15)16(29)22-12-17(30)28-14(19(31)32)13(9(3)35-18(12)28)26-5-10-27(7-26)8(2)6-34-10/h5-7,9,12,18H,4H2,1-3H3,(H3-,21,22,23,25,29,31,32)/p+1/b24-11-/t9?,12-,18-/m1/s1. The number of nitrogens with zero attached hydrogens (tertiary/aromatic N) is 6. The van der Waals surface area contributed by atoms with Crippen molar-refractivity contribution in [2.45, 2.75) is 37.4 Å². The SMILES string of the molecule is CCO/N=C(\C(=O)N[C@@H]1C(=O)N2C(C(=O)O)=C([n+]3cc4scc(C)n4c3)C(C)S[C@H]12)c1nsc(N)n1. The Balaban J connectivity index is 1.44. The lowest BCUT2D eigenvalue weighted by atomic mass is 10.0. The number of rotatable bonds is 7. The Labute approximate surface area is 216 Å². The van der Waals surface area contributed by atoms with Crippen LogP contribution in [0.2, 0.25) is 0 Å². The van der Waals surface area contributed by atoms with Gasteiger partial charge in [-0.1, -0.05) is 16.5 Å². The maximum absolute atomic E-state index is 13.2. The van der Waals surface area contributed by atoms with Crippen molar-refractivity contribution in [3.63, 3.8) is 0 Å². The van der Waals surface area contributed by atoms with E-state index in [1.807, 2.05) is 36.2 Å². The van der Waals surface area contributed by atoms with Crippen molar-refractivity contribution in [1.82, 2.24) is 24.0 Å². The van der Waals surface area contributed by atoms with Crippen molar-refractivity contribution in [1.29, 1.82) is 0 Å². The van der Waals surface area contributed by atoms with Gasteiger partial charge in [0.15, 0.2) is 22.7 Å². The number of nitrogens with one attached hydrogen (secondary N) is 1. The number of thiazole rings is 1. The van der Waals surface area contributed by atoms with Crippen LogP contribution in [0.15, 0.2) is 28.8 Å². The quantitative estimate of drug-likeness (QED) is 0.165. The summed E-state index contributed by atoms with van der Waals surface area (Å²) in [5.41, 5.74) is 6.80. The van der Waals surface area contributed by atoms with E-state index in [1.165, 1.54) is 28.0 Å². The smallest absolute Gasteiger partial charge is 0.356 e. The summed E-state index contributed by atoms with van der Waals surface area (Å²) in [5, 5.41) is 17.8. The number of carbonyl (C=O) groups is 3. The van der Waals surface area contributed by atoms with Gasteiger partial charge < -0.3 is 21.0 Å². The number of fused-ring (bicyclic) bond motifs is 2. The molecule has 4 N–H and O–H groups in total. The van der Waals surface area contributed by atoms with Gasteiger partial charge in [0.25, 0.3) is 18.1 Å². The first-order valence-electron chi connectivity index (χ1n) is 10.8. The molecule has 0 bridgehead atoms. The molecule has 1 unspecified atom stereocenters. The van der Waals surface area contributed by atoms with Crippen LogP contribution in [0, 0.1) is 6.92 Å². The Bertz CT molecular complexity index is 1460. The highest BCUT2D eigenvalue weighted by Crippen LogP contribution is 2.44. The molecule has 0 saturated carbocycles. The number of nitrogen functional groups attached to an aromatic ring is 1. The topological polar surface area (TPSA) is 168 Å². The van der Waals surface area contributed by atoms with E-state index < -0.39 is 29.2 Å². The maximum Gasteiger partial charge on any atom is 0.356 e. The number of aromatic nitrogens is 4. The molecule has 3 atom stereocenters. The summed E-state index contributed by atoms with van der Waals surface area (Å²) in [7, 11) is 0. The van der Waals surface area contributed by atoms with Gasteiger partial charge in [-0.2, -0.15) is 13.8 Å². The summed E-state index contributed by atoms with van der Waals surface area (Å²) in [6.07, 6.45) is 3.66. The second kappa shape index (κ2) is 9.18. The third-order valence-electron chi connectivity index (χ3n) is 5.63. The number of amides is 2. The largest absolute Gasteiger partial charge is 0.476 e. The molecular weight excluding hydrogens is 528 g/mol. The predicted octanol–water partition coefficient (Wildman–Crippen LogP) is 0.513. The summed E-state index contributed by atoms with van der Waals surface area (Å²) in [6.45, 7) is 5.73. The van der Waals surface area contributed by atoms with Gasteiger partial charge in [0, 0.05) is 16.9 Å². The van der Waals surface area contributed by atoms with Gasteiger partial charge >= 0.3 is 5.97 Å². The normalized spacial score (nSPS) is 22.0. The molecule has 188 valence electrons. The molecule has 3 aromatic heterocycles. The minimum absolute atomic E-state index is 0.0227. The van der Waals surface area contributed by atoms with Gasteiger partial charge in [0.05, 0.1) is 5.25 Å². The average molecular weight is 550 g/mol. The number of carbonyl (C=O) groups excluding carboxylic acids is 2. The Morgan fingerprint density at radius 3 is 2.83 bits per heavy atom. The molecule has 2 aliphatic rings. The molecule has 2 aliphatic heterocycles. The predicted molar refractivity (Wildman–Crippen MR) is 133 cm³/mol. The molecule has 0 spiro atoms. The van der Waals surface area contributed by atoms with Gasteiger partial charge in [-0.25, -0.2) is 9.36 Å². The van der Waals surface area contributed by atoms with Crippen LogP contribution in [0.5, 0.6) is 0 Å². The van der Waals surface area contributed by atoms with Crippen LogP contribution < -0.4 is 15.6 Å². The second-order valence-electron chi connectivity index (χ2n) is 7.92. The lowest BCUT2D eigenvalue weighted by molar-refractivity contribution is -0.582. The number of imidazole rings is 1. The zero-order chi connectivity index (χ0) is 25.7. The molecular formula is C20H21N8O5S3+. The molecule has 0 aromatic carbocycles. The summed E-state index contributed by atoms with van der Waals surface area (Å²) in [5.74, 6) is -2.51. The van der Waals surface area contributed by atoms with E-state index in [4.69, 9.17) is 10.6 Å². The van der Waals surface area contributed by atoms with Crippen molar-refractivity contribution in [2.24, 2.45) is 5.16 Å². The number of β-lactam (4-membered cyclic amide) rings is 1. The van der Waals surface area contributed by atoms with E-state index in [-0.39, 0.29) is 34.2 Å². The summed E-state index contributed by atoms with van der Waals surface area (Å²) in [4.78, 5) is 49.7. The van der Waals surface area contributed by atoms with Crippen molar-refractivity contribution < 1.29 is 28.9 Å². The fourth-order valence-corrected chi connectivity index (χ4v) is 6.82. The zero-order valence-electron chi connectivity index (χ0n) is 19.2. The first-order valence-corrected chi connectivity index (χ1v) is 13.3. The number of oxime groups is 1. The first kappa shape index (κ1) is 24.2. The highest BCUT2D eigenvalue weighted by atomic mass is 32.2. The summed E-state index contributed by atoms with van der Waals surface area (Å²) >= 11 is 3.81. The van der Waals surface area contributed by atoms with E-state index in [0.29, 0.717) is 5.70 Å². The number of hydrogen-bond donors (Lipinski definition) is 3. The molecule has 2 amide bonds. The number of aryl methyl sites for hydroxylation is 1. The first-order chi connectivity index (χ1) is 17.2. The molecule has 5 rings (SSSR count). The molecule has 16 heteroatoms. The molecule has 0 aliphatic carbocycles. The average Bonchev–Trinajstić information content (AvgIpc) is 3.54. The third kappa shape index (κ3) is 3.90. The monoisotopic (exact) mass is 549 g/mol. The zero-order valence-corrected chi connectivity index (χ0v) is 21.7. The van der Waals surface area contributed by atoms with Gasteiger partial charge in [-0.3, -0.25) is 14.5 Å². The number of anilines is 1. The van der Waals surface area contributed by atoms with E-state index in [2.05, 4.69) is 19.8 Å². The molecule has 1 fully saturated rings. The third-order valence-corrected chi connectivity index (χ3v) is 8.57. The Morgan fingerprint density at radius 1 is 1.42 bits per heavy atom. The maximum atomic E-state index is 13.2. The number of aliphatic carboxylic acids is 1. The number of carboxylic acids is 1. The van der Waals surface area contributed by atoms with Gasteiger partial charge in [0.1, 0.15) is 23.7 Å². The molecule has 36 heavy (non-hydrogen) atoms. The number of hydrogen-bond acceptors (Lipinski definition) is 11. The van der Waals surface area contributed by atoms with Crippen LogP contribution in [0.3, 0.4) is 0 Å². The van der Waals surface area contributed by atoms with Crippen LogP contribution in [0.25, 0.3) is 10.5 Å². The molecule has 13 nitrogen and oxygen atoms in total. The van der Waals surface area contributed by atoms with E-state index in [0.717, 1.165) is 22.1 Å². The molecule has 5 heterocycles. The van der Waals surface area contributed by atoms with Crippen LogP contribution in [-0.2, 0) is 19.2 Å². The molecule has 1 saturated heterocycles. The number of thioether (sulfide) groups is 1. The summed E-state index contributed by atoms with van der Waals surface area (Å²) in [6, 6.07) is -0.964. The Hall–Kier alpha value is -3.50. The Kier molecular flexibility index (Phi) is 6.17. The van der Waals surface area contributed by atoms with Crippen molar-refractivity contribution in [3.05, 3.63) is 35.1 Å². The van der Waals surface area contributed by atoms with E-state index >= 15 is 0 Å². The van der Waals surface area contributed by atoms with Crippen LogP contribution >= 0.6 is 34.6 Å². The lowest BCUT2D eigenvalue weighted by Gasteiger charge is -2.50. The lowest BCUT2D eigenvalue weighted by Crippen LogP contribution is -2.72. The molecule has 0 radical (unpaired) electrons. The van der Waals surface area contributed by atoms with Crippen LogP contribution in [0.1, 0.15) is 25.4 Å². The van der Waals surface area contributed by atoms with Crippen molar-refractivity contribution >= 4 is 73.8 Å². The fourth-order valence-electron chi connectivity index (χ4n) is 4.04. The van der Waals surface area contributed by atoms with E-state index in [9.17, 15) is 19.5 Å². The van der Waals surface area contributed by atoms with Gasteiger partial charge in [0.2, 0.25) is 16.4 Å². The molecule has 3 aromatic rings. The minimum Gasteiger partial charge on any atom is -0.476 e. The van der Waals surface area contributed by atoms with Gasteiger partial charge in [-0.05, 0) is 20.8 Å². The Morgan fingerprint density at radius 2 is 2.19 bits per heavy atom. The second-order valence-corrected chi connectivity index (χ2v) is 11.1. The summed E-state index contributed by atoms with van der Waals surface area (Å²) < 4.78 is 7.71. The van der Waals surface area contributed by atoms with Crippen molar-refractivity contribution in [3.8, 4) is 0 Å². The van der Waals surface area contributed by atoms with Crippen LogP contribution in [-0.4, -0.2) is 70.5 Å². The number of carboxylic acid groups (broad SMARTS) is 1. The minimum atomic E-state index is -1.22.